The number of aromatic amines is 1. The average molecular weight is 419 g/mol. The summed E-state index contributed by atoms with van der Waals surface area (Å²) in [6.07, 6.45) is 0. The summed E-state index contributed by atoms with van der Waals surface area (Å²) in [5, 5.41) is 7.29. The summed E-state index contributed by atoms with van der Waals surface area (Å²) in [6, 6.07) is 13.3. The summed E-state index contributed by atoms with van der Waals surface area (Å²) in [5.41, 5.74) is 8.66. The fourth-order valence-corrected chi connectivity index (χ4v) is 3.40. The third kappa shape index (κ3) is 4.68. The molecule has 1 heterocycles. The maximum absolute atomic E-state index is 13.0. The number of hydrazone groups is 1. The Hall–Kier alpha value is -3.41. The maximum atomic E-state index is 13.0. The van der Waals surface area contributed by atoms with Crippen LogP contribution in [0.3, 0.4) is 0 Å². The molecule has 0 bridgehead atoms. The van der Waals surface area contributed by atoms with E-state index in [4.69, 9.17) is 0 Å². The lowest BCUT2D eigenvalue weighted by Crippen LogP contribution is -2.23. The van der Waals surface area contributed by atoms with Crippen LogP contribution in [-0.2, 0) is 5.41 Å². The zero-order valence-electron chi connectivity index (χ0n) is 19.3. The Bertz CT molecular complexity index is 1210. The molecule has 1 amide bonds. The third-order valence-electron chi connectivity index (χ3n) is 5.52. The highest BCUT2D eigenvalue weighted by Gasteiger charge is 2.17. The molecule has 1 aromatic heterocycles. The first-order chi connectivity index (χ1) is 14.5. The van der Waals surface area contributed by atoms with Gasteiger partial charge in [0.2, 0.25) is 0 Å². The zero-order chi connectivity index (χ0) is 22.9. The van der Waals surface area contributed by atoms with Crippen LogP contribution in [0, 0.1) is 20.8 Å². The van der Waals surface area contributed by atoms with Gasteiger partial charge in [-0.1, -0.05) is 39.0 Å². The summed E-state index contributed by atoms with van der Waals surface area (Å²) in [7, 11) is 0. The normalized spacial score (nSPS) is 12.2. The molecule has 6 heteroatoms. The van der Waals surface area contributed by atoms with Gasteiger partial charge in [0.25, 0.3) is 11.5 Å². The number of carbonyl (C=O) groups excluding carboxylic acids is 1. The molecule has 0 unspecified atom stereocenters. The highest BCUT2D eigenvalue weighted by atomic mass is 16.2. The molecule has 6 nitrogen and oxygen atoms in total. The number of carbonyl (C=O) groups is 1. The predicted octanol–water partition coefficient (Wildman–Crippen LogP) is 4.54. The van der Waals surface area contributed by atoms with Crippen molar-refractivity contribution in [3.63, 3.8) is 0 Å². The topological polar surface area (TPSA) is 79.2 Å². The summed E-state index contributed by atoms with van der Waals surface area (Å²) in [6.45, 7) is 13.9. The molecular weight excluding hydrogens is 388 g/mol. The van der Waals surface area contributed by atoms with Gasteiger partial charge in [-0.2, -0.15) is 5.10 Å². The second kappa shape index (κ2) is 8.38. The van der Waals surface area contributed by atoms with Crippen molar-refractivity contribution >= 4 is 11.6 Å². The van der Waals surface area contributed by atoms with Crippen molar-refractivity contribution in [2.75, 3.05) is 0 Å². The molecule has 0 atom stereocenters. The molecule has 0 aliphatic rings. The summed E-state index contributed by atoms with van der Waals surface area (Å²) >= 11 is 0. The van der Waals surface area contributed by atoms with Crippen molar-refractivity contribution in [3.05, 3.63) is 86.3 Å². The van der Waals surface area contributed by atoms with E-state index in [1.165, 1.54) is 4.68 Å². The van der Waals surface area contributed by atoms with Gasteiger partial charge in [-0.25, -0.2) is 10.1 Å². The van der Waals surface area contributed by atoms with E-state index in [2.05, 4.69) is 36.4 Å². The van der Waals surface area contributed by atoms with E-state index in [0.717, 1.165) is 22.4 Å². The van der Waals surface area contributed by atoms with Crippen molar-refractivity contribution in [2.45, 2.75) is 53.9 Å². The van der Waals surface area contributed by atoms with E-state index in [1.807, 2.05) is 51.1 Å². The van der Waals surface area contributed by atoms with Gasteiger partial charge in [0.05, 0.1) is 17.0 Å². The molecule has 3 rings (SSSR count). The van der Waals surface area contributed by atoms with Crippen molar-refractivity contribution in [3.8, 4) is 5.69 Å². The molecule has 2 N–H and O–H groups in total. The Morgan fingerprint density at radius 2 is 1.65 bits per heavy atom. The quantitative estimate of drug-likeness (QED) is 0.482. The molecule has 31 heavy (non-hydrogen) atoms. The second-order valence-corrected chi connectivity index (χ2v) is 8.99. The van der Waals surface area contributed by atoms with Crippen LogP contribution in [0.25, 0.3) is 5.69 Å². The van der Waals surface area contributed by atoms with E-state index in [-0.39, 0.29) is 16.9 Å². The molecule has 0 fully saturated rings. The van der Waals surface area contributed by atoms with Crippen molar-refractivity contribution in [2.24, 2.45) is 5.10 Å². The lowest BCUT2D eigenvalue weighted by molar-refractivity contribution is 0.0954. The first-order valence-electron chi connectivity index (χ1n) is 10.3. The average Bonchev–Trinajstić information content (AvgIpc) is 3.01. The summed E-state index contributed by atoms with van der Waals surface area (Å²) in [4.78, 5) is 25.5. The number of rotatable bonds is 4. The lowest BCUT2D eigenvalue weighted by atomic mass is 9.87. The van der Waals surface area contributed by atoms with Crippen LogP contribution in [0.5, 0.6) is 0 Å². The van der Waals surface area contributed by atoms with E-state index in [0.29, 0.717) is 22.5 Å². The minimum atomic E-state index is -0.317. The van der Waals surface area contributed by atoms with E-state index < -0.39 is 0 Å². The number of aromatic nitrogens is 2. The summed E-state index contributed by atoms with van der Waals surface area (Å²) in [5.74, 6) is -0.317. The van der Waals surface area contributed by atoms with E-state index in [9.17, 15) is 9.59 Å². The molecule has 0 saturated carbocycles. The van der Waals surface area contributed by atoms with Crippen LogP contribution in [0.1, 0.15) is 66.0 Å². The Kier molecular flexibility index (Phi) is 6.02. The SMILES string of the molecule is CC(=NNC(=O)c1ccc(C(C)(C)C)cc1)c1c(C)[nH]n(-c2ccc(C)c(C)c2)c1=O. The van der Waals surface area contributed by atoms with Gasteiger partial charge in [0.1, 0.15) is 0 Å². The minimum Gasteiger partial charge on any atom is -0.295 e. The number of H-pyrrole nitrogens is 1. The van der Waals surface area contributed by atoms with Gasteiger partial charge in [0, 0.05) is 11.3 Å². The Balaban J connectivity index is 1.83. The van der Waals surface area contributed by atoms with Crippen LogP contribution in [0.4, 0.5) is 0 Å². The number of aryl methyl sites for hydroxylation is 3. The largest absolute Gasteiger partial charge is 0.295 e. The van der Waals surface area contributed by atoms with Crippen LogP contribution < -0.4 is 11.0 Å². The smallest absolute Gasteiger partial charge is 0.280 e. The lowest BCUT2D eigenvalue weighted by Gasteiger charge is -2.18. The monoisotopic (exact) mass is 418 g/mol. The molecular formula is C25H30N4O2. The molecule has 0 saturated heterocycles. The van der Waals surface area contributed by atoms with Crippen LogP contribution in [0.2, 0.25) is 0 Å². The standard InChI is InChI=1S/C25H30N4O2/c1-15-8-13-21(14-16(15)2)29-24(31)22(18(4)28-29)17(3)26-27-23(30)19-9-11-20(12-10-19)25(5,6)7/h8-14,28H,1-7H3,(H,27,30). The molecule has 162 valence electrons. The van der Waals surface area contributed by atoms with Crippen molar-refractivity contribution in [1.82, 2.24) is 15.2 Å². The fourth-order valence-electron chi connectivity index (χ4n) is 3.40. The van der Waals surface area contributed by atoms with Crippen molar-refractivity contribution in [1.29, 1.82) is 0 Å². The van der Waals surface area contributed by atoms with E-state index >= 15 is 0 Å². The first-order valence-corrected chi connectivity index (χ1v) is 10.3. The fraction of sp³-hybridized carbons (Fsp3) is 0.320. The molecule has 0 radical (unpaired) electrons. The molecule has 0 aliphatic heterocycles. The van der Waals surface area contributed by atoms with Gasteiger partial charge in [-0.15, -0.1) is 0 Å². The van der Waals surface area contributed by atoms with Crippen LogP contribution in [-0.4, -0.2) is 21.4 Å². The number of amides is 1. The van der Waals surface area contributed by atoms with Crippen molar-refractivity contribution < 1.29 is 4.79 Å². The maximum Gasteiger partial charge on any atom is 0.280 e. The van der Waals surface area contributed by atoms with Gasteiger partial charge in [0.15, 0.2) is 0 Å². The van der Waals surface area contributed by atoms with Gasteiger partial charge < -0.3 is 0 Å². The number of hydrogen-bond donors (Lipinski definition) is 2. The Labute approximate surface area is 183 Å². The van der Waals surface area contributed by atoms with Crippen LogP contribution in [0.15, 0.2) is 52.4 Å². The molecule has 3 aromatic rings. The summed E-state index contributed by atoms with van der Waals surface area (Å²) < 4.78 is 1.50. The number of hydrogen-bond acceptors (Lipinski definition) is 3. The Morgan fingerprint density at radius 3 is 2.23 bits per heavy atom. The number of nitrogens with zero attached hydrogens (tertiary/aromatic N) is 2. The highest BCUT2D eigenvalue weighted by Crippen LogP contribution is 2.22. The van der Waals surface area contributed by atoms with Crippen LogP contribution >= 0.6 is 0 Å². The molecule has 0 spiro atoms. The first kappa shape index (κ1) is 22.3. The minimum absolute atomic E-state index is 0.0193. The number of benzene rings is 2. The van der Waals surface area contributed by atoms with Gasteiger partial charge in [-0.3, -0.25) is 14.7 Å². The predicted molar refractivity (Wildman–Crippen MR) is 125 cm³/mol. The van der Waals surface area contributed by atoms with Gasteiger partial charge in [-0.05, 0) is 74.1 Å². The van der Waals surface area contributed by atoms with E-state index in [1.54, 1.807) is 19.1 Å². The number of nitrogens with one attached hydrogen (secondary N) is 2. The second-order valence-electron chi connectivity index (χ2n) is 8.99. The highest BCUT2D eigenvalue weighted by molar-refractivity contribution is 6.01. The van der Waals surface area contributed by atoms with Gasteiger partial charge >= 0.3 is 0 Å². The molecule has 0 aliphatic carbocycles. The Morgan fingerprint density at radius 1 is 1.00 bits per heavy atom. The third-order valence-corrected chi connectivity index (χ3v) is 5.52. The molecule has 2 aromatic carbocycles. The zero-order valence-corrected chi connectivity index (χ0v) is 19.3.